The molecule has 5 rings (SSSR count). The molecule has 1 fully saturated rings. The Bertz CT molecular complexity index is 1090. The summed E-state index contributed by atoms with van der Waals surface area (Å²) in [4.78, 5) is 2.50. The summed E-state index contributed by atoms with van der Waals surface area (Å²) in [7, 11) is 0. The van der Waals surface area contributed by atoms with E-state index in [4.69, 9.17) is 4.74 Å². The van der Waals surface area contributed by atoms with E-state index in [1.54, 1.807) is 6.07 Å². The van der Waals surface area contributed by atoms with Crippen molar-refractivity contribution in [1.82, 2.24) is 25.0 Å². The van der Waals surface area contributed by atoms with Crippen LogP contribution in [0.3, 0.4) is 0 Å². The number of likely N-dealkylation sites (tertiary alicyclic amines) is 1. The quantitative estimate of drug-likeness (QED) is 0.604. The summed E-state index contributed by atoms with van der Waals surface area (Å²) in [5, 5.41) is 12.5. The zero-order valence-electron chi connectivity index (χ0n) is 19.4. The van der Waals surface area contributed by atoms with Crippen molar-refractivity contribution in [2.45, 2.75) is 58.2 Å². The van der Waals surface area contributed by atoms with E-state index in [2.05, 4.69) is 25.0 Å². The van der Waals surface area contributed by atoms with Gasteiger partial charge in [0.25, 0.3) is 0 Å². The number of hydrogen-bond acceptors (Lipinski definition) is 5. The van der Waals surface area contributed by atoms with Crippen LogP contribution in [0.4, 0.5) is 4.39 Å². The highest BCUT2D eigenvalue weighted by molar-refractivity contribution is 5.50. The summed E-state index contributed by atoms with van der Waals surface area (Å²) in [6.07, 6.45) is 4.76. The second-order valence-electron chi connectivity index (χ2n) is 9.24. The number of ether oxygens (including phenoxy) is 1. The topological polar surface area (TPSA) is 55.2 Å². The van der Waals surface area contributed by atoms with Gasteiger partial charge in [0.05, 0.1) is 24.4 Å². The van der Waals surface area contributed by atoms with Crippen molar-refractivity contribution in [3.05, 3.63) is 71.1 Å². The Kier molecular flexibility index (Phi) is 6.42. The number of piperidine rings is 1. The van der Waals surface area contributed by atoms with E-state index in [1.807, 2.05) is 44.2 Å². The molecule has 2 aliphatic rings. The largest absolute Gasteiger partial charge is 0.491 e. The van der Waals surface area contributed by atoms with Crippen LogP contribution >= 0.6 is 0 Å². The van der Waals surface area contributed by atoms with Crippen LogP contribution in [-0.2, 0) is 13.0 Å². The average molecular weight is 450 g/mol. The Hall–Kier alpha value is -2.77. The first kappa shape index (κ1) is 22.0. The molecule has 3 aromatic rings. The minimum atomic E-state index is -0.286. The molecule has 0 amide bonds. The first-order valence-electron chi connectivity index (χ1n) is 12.0. The molecule has 2 aromatic carbocycles. The van der Waals surface area contributed by atoms with Crippen molar-refractivity contribution >= 4 is 0 Å². The molecule has 6 nitrogen and oxygen atoms in total. The van der Waals surface area contributed by atoms with Gasteiger partial charge < -0.3 is 9.64 Å². The number of benzene rings is 2. The van der Waals surface area contributed by atoms with Crippen LogP contribution in [0.5, 0.6) is 5.75 Å². The zero-order valence-corrected chi connectivity index (χ0v) is 19.4. The molecule has 2 aliphatic heterocycles. The molecule has 174 valence electrons. The number of aromatic nitrogens is 3. The minimum Gasteiger partial charge on any atom is -0.491 e. The van der Waals surface area contributed by atoms with Crippen molar-refractivity contribution in [1.29, 1.82) is 0 Å². The monoisotopic (exact) mass is 449 g/mol. The summed E-state index contributed by atoms with van der Waals surface area (Å²) >= 11 is 0. The van der Waals surface area contributed by atoms with E-state index in [0.717, 1.165) is 54.7 Å². The Morgan fingerprint density at radius 3 is 2.61 bits per heavy atom. The van der Waals surface area contributed by atoms with Crippen LogP contribution in [0.25, 0.3) is 5.69 Å². The lowest BCUT2D eigenvalue weighted by atomic mass is 9.96. The molecule has 1 unspecified atom stereocenters. The van der Waals surface area contributed by atoms with Crippen molar-refractivity contribution in [3.63, 3.8) is 0 Å². The van der Waals surface area contributed by atoms with Gasteiger partial charge in [-0.1, -0.05) is 24.6 Å². The molecule has 1 saturated heterocycles. The summed E-state index contributed by atoms with van der Waals surface area (Å²) in [5.74, 6) is 2.30. The van der Waals surface area contributed by atoms with Gasteiger partial charge in [0, 0.05) is 18.5 Å². The highest BCUT2D eigenvalue weighted by Gasteiger charge is 2.29. The smallest absolute Gasteiger partial charge is 0.151 e. The Morgan fingerprint density at radius 2 is 1.85 bits per heavy atom. The predicted octanol–water partition coefficient (Wildman–Crippen LogP) is 4.41. The molecule has 33 heavy (non-hydrogen) atoms. The maximum atomic E-state index is 15.3. The molecular weight excluding hydrogens is 417 g/mol. The fraction of sp³-hybridized carbons (Fsp3) is 0.462. The van der Waals surface area contributed by atoms with Gasteiger partial charge in [0.1, 0.15) is 17.4 Å². The van der Waals surface area contributed by atoms with E-state index in [0.29, 0.717) is 12.1 Å². The third kappa shape index (κ3) is 4.66. The second-order valence-corrected chi connectivity index (χ2v) is 9.24. The van der Waals surface area contributed by atoms with Gasteiger partial charge >= 0.3 is 0 Å². The molecule has 1 aromatic heterocycles. The van der Waals surface area contributed by atoms with Gasteiger partial charge in [-0.2, -0.15) is 0 Å². The molecule has 7 heteroatoms. The lowest BCUT2D eigenvalue weighted by molar-refractivity contribution is 0.230. The maximum absolute atomic E-state index is 15.3. The molecule has 0 spiro atoms. The molecule has 1 N–H and O–H groups in total. The van der Waals surface area contributed by atoms with Crippen LogP contribution in [-0.4, -0.2) is 45.4 Å². The summed E-state index contributed by atoms with van der Waals surface area (Å²) in [5.41, 5.74) is 2.44. The second kappa shape index (κ2) is 9.61. The van der Waals surface area contributed by atoms with Crippen LogP contribution in [0.1, 0.15) is 61.9 Å². The Morgan fingerprint density at radius 1 is 1.06 bits per heavy atom. The van der Waals surface area contributed by atoms with Gasteiger partial charge in [-0.15, -0.1) is 10.2 Å². The molecule has 0 radical (unpaired) electrons. The third-order valence-corrected chi connectivity index (χ3v) is 6.51. The first-order chi connectivity index (χ1) is 16.1. The van der Waals surface area contributed by atoms with E-state index >= 15 is 4.39 Å². The van der Waals surface area contributed by atoms with Gasteiger partial charge in [-0.05, 0) is 69.6 Å². The number of nitrogens with one attached hydrogen (secondary N) is 1. The van der Waals surface area contributed by atoms with Gasteiger partial charge in [-0.25, -0.2) is 4.39 Å². The Balaban J connectivity index is 1.47. The summed E-state index contributed by atoms with van der Waals surface area (Å²) in [6.45, 7) is 7.77. The number of rotatable bonds is 6. The van der Waals surface area contributed by atoms with Gasteiger partial charge in [0.15, 0.2) is 5.82 Å². The standard InChI is InChI=1S/C26H32FN5O/c1-18(2)33-20-11-9-19(10-12-20)26-25-21(27)7-6-8-22(25)32-23(29-30-24(32)17-28-26)13-16-31-14-4-3-5-15-31/h6-12,18,26,28H,3-5,13-17H2,1-2H3. The zero-order chi connectivity index (χ0) is 22.8. The lowest BCUT2D eigenvalue weighted by Crippen LogP contribution is -2.32. The van der Waals surface area contributed by atoms with Crippen molar-refractivity contribution in [2.75, 3.05) is 19.6 Å². The van der Waals surface area contributed by atoms with E-state index < -0.39 is 0 Å². The molecule has 0 saturated carbocycles. The summed E-state index contributed by atoms with van der Waals surface area (Å²) in [6, 6.07) is 12.9. The fourth-order valence-corrected chi connectivity index (χ4v) is 4.95. The number of nitrogens with zero attached hydrogens (tertiary/aromatic N) is 4. The highest BCUT2D eigenvalue weighted by atomic mass is 19.1. The molecule has 1 atom stereocenters. The third-order valence-electron chi connectivity index (χ3n) is 6.51. The SMILES string of the molecule is CC(C)Oc1ccc(C2NCc3nnc(CCN4CCCCC4)n3-c3cccc(F)c32)cc1. The molecule has 0 bridgehead atoms. The van der Waals surface area contributed by atoms with Crippen molar-refractivity contribution in [3.8, 4) is 11.4 Å². The van der Waals surface area contributed by atoms with Crippen LogP contribution < -0.4 is 10.1 Å². The highest BCUT2D eigenvalue weighted by Crippen LogP contribution is 2.34. The van der Waals surface area contributed by atoms with Gasteiger partial charge in [0.2, 0.25) is 0 Å². The predicted molar refractivity (Wildman–Crippen MR) is 126 cm³/mol. The van der Waals surface area contributed by atoms with Crippen LogP contribution in [0.2, 0.25) is 0 Å². The fourth-order valence-electron chi connectivity index (χ4n) is 4.95. The van der Waals surface area contributed by atoms with Crippen LogP contribution in [0.15, 0.2) is 42.5 Å². The first-order valence-corrected chi connectivity index (χ1v) is 12.0. The Labute approximate surface area is 194 Å². The molecular formula is C26H32FN5O. The number of fused-ring (bicyclic) bond motifs is 3. The van der Waals surface area contributed by atoms with E-state index in [9.17, 15) is 0 Å². The molecule has 0 aliphatic carbocycles. The van der Waals surface area contributed by atoms with Crippen LogP contribution in [0, 0.1) is 5.82 Å². The lowest BCUT2D eigenvalue weighted by Gasteiger charge is -2.26. The average Bonchev–Trinajstić information content (AvgIpc) is 3.14. The number of hydrogen-bond donors (Lipinski definition) is 1. The normalized spacial score (nSPS) is 18.6. The maximum Gasteiger partial charge on any atom is 0.151 e. The van der Waals surface area contributed by atoms with Crippen molar-refractivity contribution < 1.29 is 9.13 Å². The summed E-state index contributed by atoms with van der Waals surface area (Å²) < 4.78 is 23.2. The van der Waals surface area contributed by atoms with E-state index in [-0.39, 0.29) is 18.0 Å². The van der Waals surface area contributed by atoms with E-state index in [1.165, 1.54) is 25.3 Å². The minimum absolute atomic E-state index is 0.109. The number of halogens is 1. The van der Waals surface area contributed by atoms with Gasteiger partial charge in [-0.3, -0.25) is 9.88 Å². The molecule has 3 heterocycles. The van der Waals surface area contributed by atoms with Crippen molar-refractivity contribution in [2.24, 2.45) is 0 Å².